The number of alkyl halides is 1. The van der Waals surface area contributed by atoms with Gasteiger partial charge in [0.15, 0.2) is 0 Å². The Morgan fingerprint density at radius 3 is 2.78 bits per heavy atom. The van der Waals surface area contributed by atoms with Crippen LogP contribution in [0.15, 0.2) is 24.3 Å². The Labute approximate surface area is 65.7 Å². The van der Waals surface area contributed by atoms with Crippen LogP contribution in [0.3, 0.4) is 0 Å². The van der Waals surface area contributed by atoms with E-state index in [-0.39, 0.29) is 4.83 Å². The number of hydrogen-bond acceptors (Lipinski definition) is 1. The largest absolute Gasteiger partial charge is 0.212 e. The van der Waals surface area contributed by atoms with Gasteiger partial charge < -0.3 is 0 Å². The van der Waals surface area contributed by atoms with Crippen molar-refractivity contribution >= 4 is 32.1 Å². The summed E-state index contributed by atoms with van der Waals surface area (Å²) < 4.78 is 10.3. The van der Waals surface area contributed by atoms with Gasteiger partial charge in [-0.25, -0.2) is 4.21 Å². The first kappa shape index (κ1) is 6.96. The van der Waals surface area contributed by atoms with Crippen molar-refractivity contribution in [3.05, 3.63) is 24.3 Å². The molecular weight excluding hydrogens is 200 g/mol. The zero-order valence-corrected chi connectivity index (χ0v) is 6.98. The summed E-state index contributed by atoms with van der Waals surface area (Å²) in [4.78, 5) is 0.947. The monoisotopic (exact) mass is 204 g/mol. The SMILES string of the molecule is O=S=C1C=CC=CC1Br. The highest BCUT2D eigenvalue weighted by molar-refractivity contribution is 9.10. The molecule has 1 unspecified atom stereocenters. The second-order valence-corrected chi connectivity index (χ2v) is 3.26. The fraction of sp³-hybridized carbons (Fsp3) is 0.167. The zero-order valence-electron chi connectivity index (χ0n) is 4.58. The van der Waals surface area contributed by atoms with Crippen LogP contribution in [-0.2, 0) is 11.3 Å². The summed E-state index contributed by atoms with van der Waals surface area (Å²) in [5.74, 6) is 0. The minimum atomic E-state index is 0.130. The minimum absolute atomic E-state index is 0.130. The second kappa shape index (κ2) is 3.13. The molecule has 0 fully saturated rings. The van der Waals surface area contributed by atoms with E-state index in [1.54, 1.807) is 0 Å². The molecule has 1 aliphatic rings. The van der Waals surface area contributed by atoms with Crippen molar-refractivity contribution < 1.29 is 4.21 Å². The van der Waals surface area contributed by atoms with Gasteiger partial charge in [0, 0.05) is 0 Å². The fourth-order valence-electron chi connectivity index (χ4n) is 0.573. The van der Waals surface area contributed by atoms with E-state index in [1.165, 1.54) is 0 Å². The summed E-state index contributed by atoms with van der Waals surface area (Å²) in [5.41, 5.74) is 0. The van der Waals surface area contributed by atoms with Gasteiger partial charge in [-0.3, -0.25) is 0 Å². The number of halogens is 1. The predicted octanol–water partition coefficient (Wildman–Crippen LogP) is 1.26. The molecule has 1 rings (SSSR count). The topological polar surface area (TPSA) is 17.1 Å². The van der Waals surface area contributed by atoms with Crippen molar-refractivity contribution in [2.24, 2.45) is 0 Å². The Morgan fingerprint density at radius 1 is 1.56 bits per heavy atom. The molecule has 0 amide bonds. The van der Waals surface area contributed by atoms with E-state index in [0.717, 1.165) is 4.86 Å². The Hall–Kier alpha value is -0.150. The third-order valence-corrected chi connectivity index (χ3v) is 2.70. The normalized spacial score (nSPS) is 24.6. The number of rotatable bonds is 0. The van der Waals surface area contributed by atoms with Crippen molar-refractivity contribution in [3.8, 4) is 0 Å². The average molecular weight is 205 g/mol. The molecule has 0 heterocycles. The number of allylic oxidation sites excluding steroid dienone is 4. The Balaban J connectivity index is 2.90. The van der Waals surface area contributed by atoms with E-state index in [1.807, 2.05) is 24.3 Å². The van der Waals surface area contributed by atoms with Gasteiger partial charge in [-0.15, -0.1) is 0 Å². The van der Waals surface area contributed by atoms with Crippen LogP contribution < -0.4 is 0 Å². The molecule has 9 heavy (non-hydrogen) atoms. The molecule has 0 bridgehead atoms. The average Bonchev–Trinajstić information content (AvgIpc) is 1.89. The lowest BCUT2D eigenvalue weighted by atomic mass is 10.2. The Morgan fingerprint density at radius 2 is 2.33 bits per heavy atom. The molecule has 48 valence electrons. The van der Waals surface area contributed by atoms with Crippen LogP contribution in [-0.4, -0.2) is 13.9 Å². The smallest absolute Gasteiger partial charge is 0.0935 e. The van der Waals surface area contributed by atoms with Crippen LogP contribution in [0.25, 0.3) is 0 Å². The van der Waals surface area contributed by atoms with Crippen molar-refractivity contribution in [1.29, 1.82) is 0 Å². The minimum Gasteiger partial charge on any atom is -0.212 e. The molecule has 0 aromatic rings. The maximum Gasteiger partial charge on any atom is 0.0935 e. The summed E-state index contributed by atoms with van der Waals surface area (Å²) >= 11 is 3.85. The van der Waals surface area contributed by atoms with Crippen molar-refractivity contribution in [2.45, 2.75) is 4.83 Å². The lowest BCUT2D eigenvalue weighted by Crippen LogP contribution is -2.09. The molecule has 1 nitrogen and oxygen atoms in total. The van der Waals surface area contributed by atoms with Gasteiger partial charge in [0.1, 0.15) is 0 Å². The highest BCUT2D eigenvalue weighted by Crippen LogP contribution is 2.08. The van der Waals surface area contributed by atoms with Crippen LogP contribution in [0, 0.1) is 0 Å². The maximum atomic E-state index is 10.3. The third kappa shape index (κ3) is 1.63. The molecule has 3 heteroatoms. The second-order valence-electron chi connectivity index (χ2n) is 1.63. The summed E-state index contributed by atoms with van der Waals surface area (Å²) in [6, 6.07) is 0. The van der Waals surface area contributed by atoms with Gasteiger partial charge in [-0.1, -0.05) is 34.2 Å². The van der Waals surface area contributed by atoms with Crippen LogP contribution in [0.5, 0.6) is 0 Å². The van der Waals surface area contributed by atoms with E-state index in [9.17, 15) is 4.21 Å². The van der Waals surface area contributed by atoms with Gasteiger partial charge >= 0.3 is 0 Å². The summed E-state index contributed by atoms with van der Waals surface area (Å²) in [6.07, 6.45) is 7.52. The molecule has 0 spiro atoms. The molecule has 0 saturated heterocycles. The van der Waals surface area contributed by atoms with E-state index < -0.39 is 0 Å². The molecule has 1 aliphatic carbocycles. The lowest BCUT2D eigenvalue weighted by Gasteiger charge is -2.02. The van der Waals surface area contributed by atoms with Crippen molar-refractivity contribution in [1.82, 2.24) is 0 Å². The molecule has 0 N–H and O–H groups in total. The third-order valence-electron chi connectivity index (χ3n) is 1.02. The van der Waals surface area contributed by atoms with Gasteiger partial charge in [-0.2, -0.15) is 0 Å². The quantitative estimate of drug-likeness (QED) is 0.429. The van der Waals surface area contributed by atoms with Gasteiger partial charge in [0.2, 0.25) is 0 Å². The van der Waals surface area contributed by atoms with E-state index in [0.29, 0.717) is 11.3 Å². The lowest BCUT2D eigenvalue weighted by molar-refractivity contribution is 0.701. The van der Waals surface area contributed by atoms with Crippen LogP contribution >= 0.6 is 15.9 Å². The molecule has 0 aliphatic heterocycles. The highest BCUT2D eigenvalue weighted by Gasteiger charge is 2.06. The first-order valence-corrected chi connectivity index (χ1v) is 4.16. The van der Waals surface area contributed by atoms with Crippen molar-refractivity contribution in [3.63, 3.8) is 0 Å². The van der Waals surface area contributed by atoms with Crippen LogP contribution in [0.4, 0.5) is 0 Å². The first-order valence-electron chi connectivity index (χ1n) is 2.50. The van der Waals surface area contributed by atoms with E-state index in [4.69, 9.17) is 0 Å². The van der Waals surface area contributed by atoms with Gasteiger partial charge in [0.05, 0.1) is 20.9 Å². The Bertz CT molecular complexity index is 213. The Kier molecular flexibility index (Phi) is 2.42. The molecule has 0 aromatic carbocycles. The zero-order chi connectivity index (χ0) is 6.69. The fourth-order valence-corrected chi connectivity index (χ4v) is 1.43. The van der Waals surface area contributed by atoms with E-state index >= 15 is 0 Å². The standard InChI is InChI=1S/C6H5BrOS/c7-5-3-1-2-4-6(5)9-8/h1-5H. The summed E-state index contributed by atoms with van der Waals surface area (Å²) in [5, 5.41) is 0. The number of hydrogen-bond donors (Lipinski definition) is 0. The molecular formula is C6H5BrOS. The van der Waals surface area contributed by atoms with Crippen LogP contribution in [0.2, 0.25) is 0 Å². The first-order chi connectivity index (χ1) is 4.34. The summed E-state index contributed by atoms with van der Waals surface area (Å²) in [6.45, 7) is 0. The maximum absolute atomic E-state index is 10.3. The van der Waals surface area contributed by atoms with Gasteiger partial charge in [0.25, 0.3) is 0 Å². The molecule has 0 saturated carbocycles. The van der Waals surface area contributed by atoms with Gasteiger partial charge in [-0.05, 0) is 6.08 Å². The molecule has 0 radical (unpaired) electrons. The van der Waals surface area contributed by atoms with Crippen molar-refractivity contribution in [2.75, 3.05) is 0 Å². The molecule has 0 aromatic heterocycles. The highest BCUT2D eigenvalue weighted by atomic mass is 79.9. The molecule has 1 atom stereocenters. The summed E-state index contributed by atoms with van der Waals surface area (Å²) in [7, 11) is 0. The predicted molar refractivity (Wildman–Crippen MR) is 44.1 cm³/mol. The van der Waals surface area contributed by atoms with E-state index in [2.05, 4.69) is 15.9 Å². The van der Waals surface area contributed by atoms with Crippen LogP contribution in [0.1, 0.15) is 0 Å².